The van der Waals surface area contributed by atoms with E-state index in [1.165, 1.54) is 51.4 Å². The first-order valence-electron chi connectivity index (χ1n) is 17.4. The number of aliphatic carboxylic acids is 2. The van der Waals surface area contributed by atoms with Crippen molar-refractivity contribution < 1.29 is 30.0 Å². The van der Waals surface area contributed by atoms with Crippen LogP contribution in [0.4, 0.5) is 0 Å². The molecule has 0 aliphatic carbocycles. The number of hydrogen-bond donors (Lipinski definition) is 4. The van der Waals surface area contributed by atoms with E-state index in [-0.39, 0.29) is 25.7 Å². The lowest BCUT2D eigenvalue weighted by molar-refractivity contribution is -0.138. The number of hydrogen-bond acceptors (Lipinski definition) is 4. The molecule has 256 valence electrons. The molecule has 4 N–H and O–H groups in total. The highest BCUT2D eigenvalue weighted by Crippen LogP contribution is 2.12. The van der Waals surface area contributed by atoms with Gasteiger partial charge in [-0.05, 0) is 64.2 Å². The molecule has 0 aromatic carbocycles. The van der Waals surface area contributed by atoms with Crippen molar-refractivity contribution in [2.75, 3.05) is 0 Å². The quantitative estimate of drug-likeness (QED) is 0.0464. The van der Waals surface area contributed by atoms with Gasteiger partial charge in [-0.25, -0.2) is 0 Å². The first-order valence-corrected chi connectivity index (χ1v) is 17.4. The van der Waals surface area contributed by atoms with Crippen LogP contribution in [0.5, 0.6) is 0 Å². The number of carbonyl (C=O) groups is 2. The Morgan fingerprint density at radius 3 is 1.16 bits per heavy atom. The Hall–Kier alpha value is -1.31. The van der Waals surface area contributed by atoms with Gasteiger partial charge in [0.05, 0.1) is 12.2 Å². The zero-order chi connectivity index (χ0) is 31.5. The summed E-state index contributed by atoms with van der Waals surface area (Å²) in [5, 5.41) is 36.6. The lowest BCUT2D eigenvalue weighted by Gasteiger charge is -2.07. The summed E-state index contributed by atoms with van der Waals surface area (Å²) in [6.45, 7) is 4.40. The van der Waals surface area contributed by atoms with Gasteiger partial charge in [0.15, 0.2) is 0 Å². The Kier molecular flexibility index (Phi) is 41.5. The number of allylic oxidation sites excluding steroid dienone is 2. The second kappa shape index (κ2) is 38.7. The minimum Gasteiger partial charge on any atom is -0.481 e. The normalized spacial score (nSPS) is 12.6. The molecular formula is C36H70O6S. The molecule has 2 unspecified atom stereocenters. The van der Waals surface area contributed by atoms with Crippen LogP contribution in [-0.4, -0.2) is 44.6 Å². The molecule has 0 heterocycles. The average Bonchev–Trinajstić information content (AvgIpc) is 2.95. The van der Waals surface area contributed by atoms with Gasteiger partial charge < -0.3 is 20.4 Å². The van der Waals surface area contributed by atoms with Crippen LogP contribution < -0.4 is 0 Å². The molecule has 7 heteroatoms. The van der Waals surface area contributed by atoms with E-state index in [0.29, 0.717) is 12.8 Å². The van der Waals surface area contributed by atoms with Crippen LogP contribution in [0.25, 0.3) is 0 Å². The van der Waals surface area contributed by atoms with Crippen molar-refractivity contribution in [2.45, 2.75) is 193 Å². The van der Waals surface area contributed by atoms with Gasteiger partial charge >= 0.3 is 11.9 Å². The predicted molar refractivity (Wildman–Crippen MR) is 187 cm³/mol. The van der Waals surface area contributed by atoms with Gasteiger partial charge in [-0.1, -0.05) is 128 Å². The summed E-state index contributed by atoms with van der Waals surface area (Å²) in [5.74, 6) is -1.38. The number of aliphatic hydroxyl groups excluding tert-OH is 2. The lowest BCUT2D eigenvalue weighted by atomic mass is 10.1. The number of carboxylic acids is 2. The fourth-order valence-electron chi connectivity index (χ4n) is 4.73. The highest BCUT2D eigenvalue weighted by Gasteiger charge is 2.02. The van der Waals surface area contributed by atoms with Crippen LogP contribution in [0, 0.1) is 0 Å². The van der Waals surface area contributed by atoms with Crippen molar-refractivity contribution >= 4 is 25.4 Å². The van der Waals surface area contributed by atoms with E-state index in [1.54, 1.807) is 0 Å². The Labute approximate surface area is 272 Å². The van der Waals surface area contributed by atoms with Crippen LogP contribution >= 0.6 is 13.5 Å². The molecule has 0 saturated heterocycles. The zero-order valence-corrected chi connectivity index (χ0v) is 29.0. The first-order chi connectivity index (χ1) is 20.3. The minimum absolute atomic E-state index is 0. The van der Waals surface area contributed by atoms with Crippen molar-refractivity contribution in [2.24, 2.45) is 0 Å². The van der Waals surface area contributed by atoms with E-state index in [0.717, 1.165) is 103 Å². The standard InChI is InChI=1S/2C18H34O3.H2S/c2*1-2-3-4-11-14-17(19)15-12-9-7-5-6-8-10-13-16-18(20)21;/h2*9,12,17,19H,2-8,10-11,13-16H2,1H3,(H,20,21);1H2/b2*12-9-;. The maximum absolute atomic E-state index is 10.3. The topological polar surface area (TPSA) is 115 Å². The third-order valence-electron chi connectivity index (χ3n) is 7.45. The van der Waals surface area contributed by atoms with Crippen molar-refractivity contribution in [1.82, 2.24) is 0 Å². The summed E-state index contributed by atoms with van der Waals surface area (Å²) in [4.78, 5) is 20.7. The lowest BCUT2D eigenvalue weighted by Crippen LogP contribution is -2.04. The fraction of sp³-hybridized carbons (Fsp3) is 0.833. The van der Waals surface area contributed by atoms with Crippen molar-refractivity contribution in [3.8, 4) is 0 Å². The molecule has 0 fully saturated rings. The van der Waals surface area contributed by atoms with Crippen molar-refractivity contribution in [3.05, 3.63) is 24.3 Å². The van der Waals surface area contributed by atoms with Crippen LogP contribution in [0.2, 0.25) is 0 Å². The van der Waals surface area contributed by atoms with Crippen LogP contribution in [-0.2, 0) is 9.59 Å². The van der Waals surface area contributed by atoms with E-state index in [4.69, 9.17) is 10.2 Å². The summed E-state index contributed by atoms with van der Waals surface area (Å²) in [6, 6.07) is 0. The van der Waals surface area contributed by atoms with Crippen LogP contribution in [0.3, 0.4) is 0 Å². The van der Waals surface area contributed by atoms with E-state index < -0.39 is 11.9 Å². The van der Waals surface area contributed by atoms with E-state index in [9.17, 15) is 19.8 Å². The highest BCUT2D eigenvalue weighted by atomic mass is 32.1. The monoisotopic (exact) mass is 630 g/mol. The Balaban J connectivity index is -0.000000727. The molecule has 0 aromatic heterocycles. The van der Waals surface area contributed by atoms with Gasteiger partial charge in [0.2, 0.25) is 0 Å². The van der Waals surface area contributed by atoms with Crippen molar-refractivity contribution in [1.29, 1.82) is 0 Å². The zero-order valence-electron chi connectivity index (χ0n) is 28.0. The molecule has 0 amide bonds. The molecule has 0 rings (SSSR count). The van der Waals surface area contributed by atoms with Crippen LogP contribution in [0.1, 0.15) is 181 Å². The van der Waals surface area contributed by atoms with Gasteiger partial charge in [-0.15, -0.1) is 0 Å². The summed E-state index contributed by atoms with van der Waals surface area (Å²) in [6.07, 6.45) is 34.7. The maximum Gasteiger partial charge on any atom is 0.303 e. The number of carboxylic acid groups (broad SMARTS) is 2. The second-order valence-corrected chi connectivity index (χ2v) is 11.8. The number of rotatable bonds is 30. The van der Waals surface area contributed by atoms with Gasteiger partial charge in [-0.3, -0.25) is 9.59 Å². The highest BCUT2D eigenvalue weighted by molar-refractivity contribution is 7.59. The first kappa shape index (κ1) is 46.1. The van der Waals surface area contributed by atoms with Crippen LogP contribution in [0.15, 0.2) is 24.3 Å². The maximum atomic E-state index is 10.3. The molecule has 0 aliphatic rings. The third kappa shape index (κ3) is 45.2. The SMILES string of the molecule is CCCCCCC(O)C/C=C\CCCCCCCC(=O)O.CCCCCCC(O)C/C=C\CCCCCCCC(=O)O.S. The van der Waals surface area contributed by atoms with Gasteiger partial charge in [0.1, 0.15) is 0 Å². The average molecular weight is 631 g/mol. The van der Waals surface area contributed by atoms with E-state index in [2.05, 4.69) is 38.2 Å². The van der Waals surface area contributed by atoms with Gasteiger partial charge in [0, 0.05) is 12.8 Å². The molecule has 0 aliphatic heterocycles. The smallest absolute Gasteiger partial charge is 0.303 e. The van der Waals surface area contributed by atoms with E-state index in [1.807, 2.05) is 0 Å². The molecule has 0 radical (unpaired) electrons. The van der Waals surface area contributed by atoms with Gasteiger partial charge in [-0.2, -0.15) is 13.5 Å². The molecule has 0 saturated carbocycles. The minimum atomic E-state index is -0.689. The predicted octanol–water partition coefficient (Wildman–Crippen LogP) is 10.3. The fourth-order valence-corrected chi connectivity index (χ4v) is 4.73. The Morgan fingerprint density at radius 1 is 0.488 bits per heavy atom. The number of aliphatic hydroxyl groups is 2. The second-order valence-electron chi connectivity index (χ2n) is 11.8. The summed E-state index contributed by atoms with van der Waals surface area (Å²) in [5.41, 5.74) is 0. The Bertz CT molecular complexity index is 583. The summed E-state index contributed by atoms with van der Waals surface area (Å²) in [7, 11) is 0. The molecule has 0 aromatic rings. The molecule has 2 atom stereocenters. The molecule has 43 heavy (non-hydrogen) atoms. The molecular weight excluding hydrogens is 560 g/mol. The van der Waals surface area contributed by atoms with Crippen molar-refractivity contribution in [3.63, 3.8) is 0 Å². The molecule has 0 bridgehead atoms. The summed E-state index contributed by atoms with van der Waals surface area (Å²) < 4.78 is 0. The van der Waals surface area contributed by atoms with Gasteiger partial charge in [0.25, 0.3) is 0 Å². The third-order valence-corrected chi connectivity index (χ3v) is 7.45. The molecule has 0 spiro atoms. The number of unbranched alkanes of at least 4 members (excludes halogenated alkanes) is 16. The van der Waals surface area contributed by atoms with E-state index >= 15 is 0 Å². The Morgan fingerprint density at radius 2 is 0.814 bits per heavy atom. The summed E-state index contributed by atoms with van der Waals surface area (Å²) >= 11 is 0. The largest absolute Gasteiger partial charge is 0.481 e. The molecule has 6 nitrogen and oxygen atoms in total.